The van der Waals surface area contributed by atoms with Crippen molar-refractivity contribution in [1.29, 1.82) is 0 Å². The molecule has 0 aromatic heterocycles. The van der Waals surface area contributed by atoms with E-state index >= 15 is 0 Å². The smallest absolute Gasteiger partial charge is 0.243 e. The molecule has 0 rings (SSSR count). The molecule has 0 spiro atoms. The molecule has 0 aliphatic carbocycles. The Morgan fingerprint density at radius 3 is 1.75 bits per heavy atom. The van der Waals surface area contributed by atoms with Crippen LogP contribution in [0.1, 0.15) is 90.9 Å². The topological polar surface area (TPSA) is 58.2 Å². The minimum absolute atomic E-state index is 0.185. The maximum atomic E-state index is 11.5. The zero-order valence-corrected chi connectivity index (χ0v) is 16.4. The molecule has 0 aromatic rings. The van der Waals surface area contributed by atoms with Gasteiger partial charge < -0.3 is 10.6 Å². The van der Waals surface area contributed by atoms with Crippen LogP contribution >= 0.6 is 11.6 Å². The molecule has 0 fully saturated rings. The zero-order chi connectivity index (χ0) is 18.0. The quantitative estimate of drug-likeness (QED) is 0.295. The molecule has 0 radical (unpaired) electrons. The van der Waals surface area contributed by atoms with Crippen molar-refractivity contribution in [2.75, 3.05) is 13.1 Å². The molecule has 142 valence electrons. The number of carbonyl (C=O) groups excluding carboxylic acids is 2. The van der Waals surface area contributed by atoms with Gasteiger partial charge in [-0.3, -0.25) is 9.59 Å². The van der Waals surface area contributed by atoms with E-state index in [1.165, 1.54) is 70.6 Å². The number of nitrogens with one attached hydrogen (secondary N) is 2. The summed E-state index contributed by atoms with van der Waals surface area (Å²) in [5, 5.41) is 5.10. The van der Waals surface area contributed by atoms with Gasteiger partial charge in [0.2, 0.25) is 11.1 Å². The fraction of sp³-hybridized carbons (Fsp3) is 0.895. The Bertz CT molecular complexity index is 324. The van der Waals surface area contributed by atoms with Crippen LogP contribution in [0.25, 0.3) is 0 Å². The first-order chi connectivity index (χ1) is 11.6. The Hall–Kier alpha value is -0.610. The van der Waals surface area contributed by atoms with E-state index in [0.717, 1.165) is 13.0 Å². The van der Waals surface area contributed by atoms with Crippen LogP contribution in [0.3, 0.4) is 0 Å². The Kier molecular flexibility index (Phi) is 16.8. The molecule has 0 aliphatic heterocycles. The van der Waals surface area contributed by atoms with Crippen molar-refractivity contribution in [2.24, 2.45) is 0 Å². The molecule has 24 heavy (non-hydrogen) atoms. The first-order valence-electron chi connectivity index (χ1n) is 9.77. The van der Waals surface area contributed by atoms with Crippen LogP contribution in [-0.4, -0.2) is 30.3 Å². The van der Waals surface area contributed by atoms with Crippen molar-refractivity contribution in [1.82, 2.24) is 10.6 Å². The lowest BCUT2D eigenvalue weighted by Gasteiger charge is -2.10. The second-order valence-electron chi connectivity index (χ2n) is 6.66. The second kappa shape index (κ2) is 17.2. The van der Waals surface area contributed by atoms with E-state index in [1.807, 2.05) is 0 Å². The first kappa shape index (κ1) is 23.4. The van der Waals surface area contributed by atoms with Gasteiger partial charge in [-0.05, 0) is 31.5 Å². The third kappa shape index (κ3) is 16.3. The highest BCUT2D eigenvalue weighted by molar-refractivity contribution is 6.64. The van der Waals surface area contributed by atoms with E-state index in [4.69, 9.17) is 11.6 Å². The van der Waals surface area contributed by atoms with Gasteiger partial charge >= 0.3 is 0 Å². The molecule has 2 N–H and O–H groups in total. The van der Waals surface area contributed by atoms with Crippen molar-refractivity contribution < 1.29 is 9.59 Å². The summed E-state index contributed by atoms with van der Waals surface area (Å²) in [6.07, 6.45) is 16.0. The van der Waals surface area contributed by atoms with E-state index in [2.05, 4.69) is 17.6 Å². The highest BCUT2D eigenvalue weighted by atomic mass is 35.5. The zero-order valence-electron chi connectivity index (χ0n) is 15.7. The SMILES string of the molecule is CCCCCCCCCCCCCCNCC(=O)N[C@@H](C)C(=O)Cl. The van der Waals surface area contributed by atoms with Crippen molar-refractivity contribution >= 4 is 22.8 Å². The van der Waals surface area contributed by atoms with Crippen molar-refractivity contribution in [3.05, 3.63) is 0 Å². The lowest BCUT2D eigenvalue weighted by atomic mass is 10.1. The molecule has 0 saturated heterocycles. The van der Waals surface area contributed by atoms with Gasteiger partial charge in [0.15, 0.2) is 0 Å². The lowest BCUT2D eigenvalue weighted by Crippen LogP contribution is -2.41. The summed E-state index contributed by atoms with van der Waals surface area (Å²) < 4.78 is 0. The summed E-state index contributed by atoms with van der Waals surface area (Å²) in [4.78, 5) is 22.3. The van der Waals surface area contributed by atoms with E-state index in [9.17, 15) is 9.59 Å². The summed E-state index contributed by atoms with van der Waals surface area (Å²) in [6, 6.07) is -0.618. The molecule has 0 aliphatic rings. The monoisotopic (exact) mass is 360 g/mol. The highest BCUT2D eigenvalue weighted by Gasteiger charge is 2.12. The molecule has 0 aromatic carbocycles. The second-order valence-corrected chi connectivity index (χ2v) is 7.03. The van der Waals surface area contributed by atoms with Gasteiger partial charge in [-0.15, -0.1) is 0 Å². The van der Waals surface area contributed by atoms with E-state index in [0.29, 0.717) is 0 Å². The van der Waals surface area contributed by atoms with E-state index < -0.39 is 11.3 Å². The Morgan fingerprint density at radius 2 is 1.29 bits per heavy atom. The number of carbonyl (C=O) groups is 2. The predicted molar refractivity (Wildman–Crippen MR) is 102 cm³/mol. The van der Waals surface area contributed by atoms with Gasteiger partial charge in [0.05, 0.1) is 6.54 Å². The fourth-order valence-electron chi connectivity index (χ4n) is 2.64. The Morgan fingerprint density at radius 1 is 0.833 bits per heavy atom. The van der Waals surface area contributed by atoms with Gasteiger partial charge in [-0.25, -0.2) is 0 Å². The molecular formula is C19H37ClN2O2. The minimum atomic E-state index is -0.618. The van der Waals surface area contributed by atoms with Crippen LogP contribution < -0.4 is 10.6 Å². The molecule has 0 saturated carbocycles. The van der Waals surface area contributed by atoms with E-state index in [1.54, 1.807) is 6.92 Å². The van der Waals surface area contributed by atoms with Crippen LogP contribution in [0.15, 0.2) is 0 Å². The Labute approximate surface area is 153 Å². The highest BCUT2D eigenvalue weighted by Crippen LogP contribution is 2.11. The van der Waals surface area contributed by atoms with Gasteiger partial charge in [0.1, 0.15) is 6.04 Å². The van der Waals surface area contributed by atoms with Gasteiger partial charge in [-0.1, -0.05) is 77.6 Å². The molecule has 0 unspecified atom stereocenters. The van der Waals surface area contributed by atoms with Gasteiger partial charge in [0.25, 0.3) is 0 Å². The van der Waals surface area contributed by atoms with Gasteiger partial charge in [-0.2, -0.15) is 0 Å². The number of amides is 1. The minimum Gasteiger partial charge on any atom is -0.344 e. The number of hydrogen-bond donors (Lipinski definition) is 2. The molecule has 0 bridgehead atoms. The van der Waals surface area contributed by atoms with Crippen LogP contribution in [0.2, 0.25) is 0 Å². The summed E-state index contributed by atoms with van der Waals surface area (Å²) >= 11 is 5.29. The number of unbranched alkanes of at least 4 members (excludes halogenated alkanes) is 11. The molecule has 1 atom stereocenters. The van der Waals surface area contributed by atoms with Gasteiger partial charge in [0, 0.05) is 0 Å². The molecule has 0 heterocycles. The maximum absolute atomic E-state index is 11.5. The molecule has 5 heteroatoms. The number of halogens is 1. The summed E-state index contributed by atoms with van der Waals surface area (Å²) in [5.41, 5.74) is 0. The normalized spacial score (nSPS) is 12.1. The number of hydrogen-bond acceptors (Lipinski definition) is 3. The average Bonchev–Trinajstić information content (AvgIpc) is 2.55. The van der Waals surface area contributed by atoms with E-state index in [-0.39, 0.29) is 12.5 Å². The maximum Gasteiger partial charge on any atom is 0.243 e. The van der Waals surface area contributed by atoms with Crippen LogP contribution in [0, 0.1) is 0 Å². The fourth-order valence-corrected chi connectivity index (χ4v) is 2.70. The average molecular weight is 361 g/mol. The summed E-state index contributed by atoms with van der Waals surface area (Å²) in [5.74, 6) is -0.185. The third-order valence-electron chi connectivity index (χ3n) is 4.21. The molecular weight excluding hydrogens is 324 g/mol. The Balaban J connectivity index is 3.20. The van der Waals surface area contributed by atoms with Crippen molar-refractivity contribution in [3.8, 4) is 0 Å². The first-order valence-corrected chi connectivity index (χ1v) is 10.1. The largest absolute Gasteiger partial charge is 0.344 e. The van der Waals surface area contributed by atoms with Crippen LogP contribution in [-0.2, 0) is 9.59 Å². The summed E-state index contributed by atoms with van der Waals surface area (Å²) in [7, 11) is 0. The van der Waals surface area contributed by atoms with Crippen LogP contribution in [0.4, 0.5) is 0 Å². The molecule has 4 nitrogen and oxygen atoms in total. The lowest BCUT2D eigenvalue weighted by molar-refractivity contribution is -0.123. The van der Waals surface area contributed by atoms with Crippen molar-refractivity contribution in [3.63, 3.8) is 0 Å². The standard InChI is InChI=1S/C19H37ClN2O2/c1-3-4-5-6-7-8-9-10-11-12-13-14-15-21-16-18(23)22-17(2)19(20)24/h17,21H,3-16H2,1-2H3,(H,22,23)/t17-/m0/s1. The third-order valence-corrected chi connectivity index (χ3v) is 4.54. The predicted octanol–water partition coefficient (Wildman–Crippen LogP) is 4.55. The number of rotatable bonds is 17. The molecule has 1 amide bonds. The van der Waals surface area contributed by atoms with Crippen molar-refractivity contribution in [2.45, 2.75) is 96.9 Å². The van der Waals surface area contributed by atoms with Crippen LogP contribution in [0.5, 0.6) is 0 Å². The summed E-state index contributed by atoms with van der Waals surface area (Å²) in [6.45, 7) is 4.92.